The van der Waals surface area contributed by atoms with Gasteiger partial charge in [-0.05, 0) is 19.9 Å². The van der Waals surface area contributed by atoms with Gasteiger partial charge >= 0.3 is 0 Å². The third-order valence-corrected chi connectivity index (χ3v) is 0.831. The van der Waals surface area contributed by atoms with E-state index in [9.17, 15) is 0 Å². The Hall–Kier alpha value is -1.40. The van der Waals surface area contributed by atoms with Gasteiger partial charge in [0.05, 0.1) is 0 Å². The number of rotatable bonds is 0. The molecule has 3 heteroatoms. The molecule has 0 fully saturated rings. The van der Waals surface area contributed by atoms with E-state index in [1.165, 1.54) is 6.33 Å². The van der Waals surface area contributed by atoms with E-state index in [4.69, 9.17) is 5.11 Å². The van der Waals surface area contributed by atoms with Crippen molar-refractivity contribution in [3.63, 3.8) is 0 Å². The summed E-state index contributed by atoms with van der Waals surface area (Å²) in [6.45, 7) is 3.34. The highest BCUT2D eigenvalue weighted by atomic mass is 16.3. The van der Waals surface area contributed by atoms with Gasteiger partial charge < -0.3 is 5.11 Å². The van der Waals surface area contributed by atoms with Gasteiger partial charge in [0.15, 0.2) is 0 Å². The summed E-state index contributed by atoms with van der Waals surface area (Å²) >= 11 is 0. The first kappa shape index (κ1) is 10.6. The predicted molar refractivity (Wildman–Crippen MR) is 47.2 cm³/mol. The summed E-state index contributed by atoms with van der Waals surface area (Å²) in [7, 11) is 0. The van der Waals surface area contributed by atoms with E-state index < -0.39 is 6.10 Å². The van der Waals surface area contributed by atoms with Gasteiger partial charge in [-0.15, -0.1) is 5.92 Å². The Morgan fingerprint density at radius 2 is 1.92 bits per heavy atom. The molecule has 1 aromatic heterocycles. The molecule has 1 aromatic rings. The minimum absolute atomic E-state index is 0.463. The third kappa shape index (κ3) is 8.60. The van der Waals surface area contributed by atoms with Crippen LogP contribution in [-0.2, 0) is 0 Å². The van der Waals surface area contributed by atoms with Gasteiger partial charge in [0, 0.05) is 12.4 Å². The lowest BCUT2D eigenvalue weighted by molar-refractivity contribution is 0.253. The van der Waals surface area contributed by atoms with Crippen LogP contribution in [0.15, 0.2) is 24.8 Å². The maximum atomic E-state index is 8.38. The van der Waals surface area contributed by atoms with Crippen LogP contribution in [0.25, 0.3) is 0 Å². The number of nitrogens with zero attached hydrogens (tertiary/aromatic N) is 2. The van der Waals surface area contributed by atoms with E-state index in [0.717, 1.165) is 0 Å². The molecule has 0 amide bonds. The highest BCUT2D eigenvalue weighted by molar-refractivity contribution is 4.99. The number of hydrogen-bond acceptors (Lipinski definition) is 3. The fourth-order valence-corrected chi connectivity index (χ4v) is 0.462. The summed E-state index contributed by atoms with van der Waals surface area (Å²) in [6.07, 6.45) is 4.41. The Bertz CT molecular complexity index is 209. The topological polar surface area (TPSA) is 46.0 Å². The average Bonchev–Trinajstić information content (AvgIpc) is 2.08. The lowest BCUT2D eigenvalue weighted by Gasteiger charge is -1.82. The van der Waals surface area contributed by atoms with Crippen LogP contribution in [0.2, 0.25) is 0 Å². The Labute approximate surface area is 72.5 Å². The maximum Gasteiger partial charge on any atom is 0.115 e. The van der Waals surface area contributed by atoms with Gasteiger partial charge in [-0.3, -0.25) is 0 Å². The zero-order valence-corrected chi connectivity index (χ0v) is 7.23. The summed E-state index contributed by atoms with van der Waals surface area (Å²) < 4.78 is 0. The Balaban J connectivity index is 0.000000202. The minimum Gasteiger partial charge on any atom is -0.381 e. The predicted octanol–water partition coefficient (Wildman–Crippen LogP) is 0.867. The molecule has 0 aliphatic heterocycles. The summed E-state index contributed by atoms with van der Waals surface area (Å²) in [5, 5.41) is 8.38. The van der Waals surface area contributed by atoms with E-state index in [1.54, 1.807) is 32.3 Å². The quantitative estimate of drug-likeness (QED) is 0.579. The normalized spacial score (nSPS) is 9.92. The number of aliphatic hydroxyl groups excluding tert-OH is 1. The molecular weight excluding hydrogens is 152 g/mol. The van der Waals surface area contributed by atoms with Crippen molar-refractivity contribution in [2.75, 3.05) is 0 Å². The molecule has 0 aromatic carbocycles. The minimum atomic E-state index is -0.463. The van der Waals surface area contributed by atoms with Crippen LogP contribution >= 0.6 is 0 Å². The highest BCUT2D eigenvalue weighted by Gasteiger charge is 1.77. The summed E-state index contributed by atoms with van der Waals surface area (Å²) in [4.78, 5) is 7.35. The number of aromatic nitrogens is 2. The van der Waals surface area contributed by atoms with Gasteiger partial charge in [-0.2, -0.15) is 0 Å². The van der Waals surface area contributed by atoms with Gasteiger partial charge in [0.25, 0.3) is 0 Å². The van der Waals surface area contributed by atoms with Crippen LogP contribution in [0.4, 0.5) is 0 Å². The molecule has 0 spiro atoms. The Morgan fingerprint density at radius 1 is 1.33 bits per heavy atom. The molecule has 0 saturated carbocycles. The van der Waals surface area contributed by atoms with Gasteiger partial charge in [0.1, 0.15) is 12.4 Å². The second-order valence-electron chi connectivity index (χ2n) is 1.97. The molecule has 1 atom stereocenters. The lowest BCUT2D eigenvalue weighted by Crippen LogP contribution is -1.91. The zero-order chi connectivity index (χ0) is 9.23. The van der Waals surface area contributed by atoms with Crippen molar-refractivity contribution in [3.8, 4) is 11.8 Å². The monoisotopic (exact) mass is 164 g/mol. The summed E-state index contributed by atoms with van der Waals surface area (Å²) in [6, 6.07) is 1.78. The van der Waals surface area contributed by atoms with Crippen LogP contribution in [0, 0.1) is 11.8 Å². The molecule has 3 nitrogen and oxygen atoms in total. The molecule has 0 unspecified atom stereocenters. The van der Waals surface area contributed by atoms with Crippen molar-refractivity contribution in [3.05, 3.63) is 24.8 Å². The molecular formula is C9H12N2O. The standard InChI is InChI=1S/C5H8O.C4H4N2/c1-3-4-5(2)6;1-2-5-4-6-3-1/h5-6H,1-2H3;1-4H/t5-;/m1./s1. The third-order valence-electron chi connectivity index (χ3n) is 0.831. The Morgan fingerprint density at radius 3 is 2.00 bits per heavy atom. The van der Waals surface area contributed by atoms with Crippen LogP contribution in [0.3, 0.4) is 0 Å². The molecule has 0 bridgehead atoms. The fraction of sp³-hybridized carbons (Fsp3) is 0.333. The van der Waals surface area contributed by atoms with Crippen LogP contribution in [0.5, 0.6) is 0 Å². The van der Waals surface area contributed by atoms with Crippen molar-refractivity contribution in [1.29, 1.82) is 0 Å². The second kappa shape index (κ2) is 7.70. The lowest BCUT2D eigenvalue weighted by atomic mass is 10.4. The van der Waals surface area contributed by atoms with Crippen LogP contribution in [-0.4, -0.2) is 21.2 Å². The van der Waals surface area contributed by atoms with Crippen LogP contribution in [0.1, 0.15) is 13.8 Å². The SMILES string of the molecule is CC#C[C@@H](C)O.c1cncnc1. The van der Waals surface area contributed by atoms with E-state index in [-0.39, 0.29) is 0 Å². The van der Waals surface area contributed by atoms with Crippen molar-refractivity contribution >= 4 is 0 Å². The van der Waals surface area contributed by atoms with Crippen molar-refractivity contribution in [2.24, 2.45) is 0 Å². The molecule has 12 heavy (non-hydrogen) atoms. The second-order valence-corrected chi connectivity index (χ2v) is 1.97. The highest BCUT2D eigenvalue weighted by Crippen LogP contribution is 1.69. The van der Waals surface area contributed by atoms with E-state index in [0.29, 0.717) is 0 Å². The van der Waals surface area contributed by atoms with E-state index in [2.05, 4.69) is 21.8 Å². The molecule has 0 aliphatic rings. The first-order valence-corrected chi connectivity index (χ1v) is 3.57. The molecule has 0 radical (unpaired) electrons. The molecule has 0 aliphatic carbocycles. The van der Waals surface area contributed by atoms with Crippen LogP contribution < -0.4 is 0 Å². The molecule has 64 valence electrons. The fourth-order valence-electron chi connectivity index (χ4n) is 0.462. The largest absolute Gasteiger partial charge is 0.381 e. The first-order valence-electron chi connectivity index (χ1n) is 3.57. The van der Waals surface area contributed by atoms with E-state index >= 15 is 0 Å². The van der Waals surface area contributed by atoms with Crippen molar-refractivity contribution in [1.82, 2.24) is 9.97 Å². The number of hydrogen-bond donors (Lipinski definition) is 1. The summed E-state index contributed by atoms with van der Waals surface area (Å²) in [5.74, 6) is 5.08. The van der Waals surface area contributed by atoms with Crippen molar-refractivity contribution in [2.45, 2.75) is 20.0 Å². The molecule has 0 saturated heterocycles. The first-order chi connectivity index (χ1) is 5.77. The maximum absolute atomic E-state index is 8.38. The Kier molecular flexibility index (Phi) is 6.81. The average molecular weight is 164 g/mol. The van der Waals surface area contributed by atoms with Gasteiger partial charge in [-0.25, -0.2) is 9.97 Å². The molecule has 1 heterocycles. The van der Waals surface area contributed by atoms with Crippen molar-refractivity contribution < 1.29 is 5.11 Å². The molecule has 1 rings (SSSR count). The van der Waals surface area contributed by atoms with Gasteiger partial charge in [-0.1, -0.05) is 5.92 Å². The van der Waals surface area contributed by atoms with Gasteiger partial charge in [0.2, 0.25) is 0 Å². The molecule has 1 N–H and O–H groups in total. The zero-order valence-electron chi connectivity index (χ0n) is 7.23. The summed E-state index contributed by atoms with van der Waals surface area (Å²) in [5.41, 5.74) is 0. The smallest absolute Gasteiger partial charge is 0.115 e. The number of aliphatic hydroxyl groups is 1. The van der Waals surface area contributed by atoms with E-state index in [1.807, 2.05) is 0 Å².